The van der Waals surface area contributed by atoms with Crippen LogP contribution in [0.1, 0.15) is 24.8 Å². The van der Waals surface area contributed by atoms with Gasteiger partial charge in [-0.05, 0) is 17.4 Å². The lowest BCUT2D eigenvalue weighted by molar-refractivity contribution is 0.552. The summed E-state index contributed by atoms with van der Waals surface area (Å²) in [5.74, 6) is 1.77. The standard InChI is InChI=1S/C14H18N6S/c1-8(2)10(9-5-4-6-21-9)18-13-11-12(17-7-16-11)19-14(15-3)20-13/h4-8,10H,1-3H3,(H3,15,16,17,18,19,20). The number of anilines is 2. The summed E-state index contributed by atoms with van der Waals surface area (Å²) in [5.41, 5.74) is 1.49. The topological polar surface area (TPSA) is 78.5 Å². The summed E-state index contributed by atoms with van der Waals surface area (Å²) in [4.78, 5) is 17.5. The zero-order valence-corrected chi connectivity index (χ0v) is 13.0. The molecule has 0 aliphatic rings. The van der Waals surface area contributed by atoms with E-state index in [2.05, 4.69) is 61.9 Å². The Hall–Kier alpha value is -2.15. The molecule has 110 valence electrons. The molecule has 0 aromatic carbocycles. The van der Waals surface area contributed by atoms with Gasteiger partial charge in [-0.3, -0.25) is 0 Å². The molecule has 3 N–H and O–H groups in total. The highest BCUT2D eigenvalue weighted by Gasteiger charge is 2.19. The highest BCUT2D eigenvalue weighted by Crippen LogP contribution is 2.31. The molecule has 0 spiro atoms. The van der Waals surface area contributed by atoms with Gasteiger partial charge in [0.25, 0.3) is 0 Å². The summed E-state index contributed by atoms with van der Waals surface area (Å²) >= 11 is 1.75. The molecule has 0 aliphatic carbocycles. The van der Waals surface area contributed by atoms with Gasteiger partial charge in [-0.15, -0.1) is 11.3 Å². The quantitative estimate of drug-likeness (QED) is 0.674. The van der Waals surface area contributed by atoms with Crippen molar-refractivity contribution < 1.29 is 0 Å². The number of nitrogens with one attached hydrogen (secondary N) is 3. The van der Waals surface area contributed by atoms with Gasteiger partial charge < -0.3 is 15.6 Å². The number of H-pyrrole nitrogens is 1. The third-order valence-corrected chi connectivity index (χ3v) is 4.27. The number of thiophene rings is 1. The Morgan fingerprint density at radius 2 is 2.14 bits per heavy atom. The maximum atomic E-state index is 4.52. The molecule has 0 amide bonds. The Morgan fingerprint density at radius 3 is 2.81 bits per heavy atom. The predicted molar refractivity (Wildman–Crippen MR) is 86.8 cm³/mol. The molecule has 0 aliphatic heterocycles. The monoisotopic (exact) mass is 302 g/mol. The summed E-state index contributed by atoms with van der Waals surface area (Å²) < 4.78 is 0. The van der Waals surface area contributed by atoms with Crippen LogP contribution in [0.15, 0.2) is 23.8 Å². The number of rotatable bonds is 5. The molecule has 0 fully saturated rings. The number of hydrogen-bond acceptors (Lipinski definition) is 6. The second-order valence-corrected chi connectivity index (χ2v) is 6.11. The van der Waals surface area contributed by atoms with Crippen molar-refractivity contribution >= 4 is 34.3 Å². The highest BCUT2D eigenvalue weighted by atomic mass is 32.1. The molecule has 0 saturated heterocycles. The van der Waals surface area contributed by atoms with Crippen LogP contribution >= 0.6 is 11.3 Å². The molecule has 0 bridgehead atoms. The molecule has 1 atom stereocenters. The number of nitrogens with zero attached hydrogens (tertiary/aromatic N) is 3. The number of aromatic amines is 1. The minimum absolute atomic E-state index is 0.205. The van der Waals surface area contributed by atoms with Crippen molar-refractivity contribution in [2.24, 2.45) is 5.92 Å². The van der Waals surface area contributed by atoms with Crippen molar-refractivity contribution in [3.05, 3.63) is 28.7 Å². The molecule has 1 unspecified atom stereocenters. The van der Waals surface area contributed by atoms with Crippen LogP contribution in [0.3, 0.4) is 0 Å². The molecule has 3 heterocycles. The average Bonchev–Trinajstić information content (AvgIpc) is 3.14. The molecule has 7 heteroatoms. The van der Waals surface area contributed by atoms with Crippen LogP contribution in [0, 0.1) is 5.92 Å². The summed E-state index contributed by atoms with van der Waals surface area (Å²) in [7, 11) is 1.80. The third-order valence-electron chi connectivity index (χ3n) is 3.32. The third kappa shape index (κ3) is 2.69. The van der Waals surface area contributed by atoms with Crippen molar-refractivity contribution in [3.8, 4) is 0 Å². The Balaban J connectivity index is 2.01. The summed E-state index contributed by atoms with van der Waals surface area (Å²) in [6.07, 6.45) is 1.64. The fourth-order valence-corrected chi connectivity index (χ4v) is 3.18. The van der Waals surface area contributed by atoms with Gasteiger partial charge in [-0.25, -0.2) is 4.98 Å². The maximum absolute atomic E-state index is 4.52. The molecule has 0 saturated carbocycles. The van der Waals surface area contributed by atoms with Gasteiger partial charge in [-0.1, -0.05) is 19.9 Å². The SMILES string of the molecule is CNc1nc(NC(c2cccs2)C(C)C)c2[nH]cnc2n1. The zero-order chi connectivity index (χ0) is 14.8. The van der Waals surface area contributed by atoms with Gasteiger partial charge in [0.2, 0.25) is 5.95 Å². The van der Waals surface area contributed by atoms with Crippen molar-refractivity contribution in [3.63, 3.8) is 0 Å². The summed E-state index contributed by atoms with van der Waals surface area (Å²) in [6, 6.07) is 4.42. The minimum Gasteiger partial charge on any atom is -0.360 e. The van der Waals surface area contributed by atoms with E-state index in [9.17, 15) is 0 Å². The van der Waals surface area contributed by atoms with Crippen LogP contribution in [-0.2, 0) is 0 Å². The lowest BCUT2D eigenvalue weighted by Gasteiger charge is -2.22. The van der Waals surface area contributed by atoms with Gasteiger partial charge >= 0.3 is 0 Å². The van der Waals surface area contributed by atoms with E-state index in [1.54, 1.807) is 24.7 Å². The van der Waals surface area contributed by atoms with Crippen LogP contribution in [0.2, 0.25) is 0 Å². The molecular formula is C14H18N6S. The largest absolute Gasteiger partial charge is 0.360 e. The molecule has 21 heavy (non-hydrogen) atoms. The van der Waals surface area contributed by atoms with E-state index in [1.807, 2.05) is 0 Å². The van der Waals surface area contributed by atoms with Crippen LogP contribution in [-0.4, -0.2) is 27.0 Å². The van der Waals surface area contributed by atoms with Gasteiger partial charge in [-0.2, -0.15) is 9.97 Å². The normalized spacial score (nSPS) is 12.8. The Labute approximate surface area is 127 Å². The summed E-state index contributed by atoms with van der Waals surface area (Å²) in [5, 5.41) is 8.60. The molecule has 6 nitrogen and oxygen atoms in total. The van der Waals surface area contributed by atoms with Gasteiger partial charge in [0.05, 0.1) is 12.4 Å². The highest BCUT2D eigenvalue weighted by molar-refractivity contribution is 7.10. The van der Waals surface area contributed by atoms with E-state index < -0.39 is 0 Å². The first-order valence-corrected chi connectivity index (χ1v) is 7.76. The Bertz CT molecular complexity index is 718. The van der Waals surface area contributed by atoms with Crippen molar-refractivity contribution in [2.75, 3.05) is 17.7 Å². The lowest BCUT2D eigenvalue weighted by atomic mass is 10.0. The fourth-order valence-electron chi connectivity index (χ4n) is 2.23. The number of imidazole rings is 1. The molecule has 3 aromatic heterocycles. The summed E-state index contributed by atoms with van der Waals surface area (Å²) in [6.45, 7) is 4.39. The molecular weight excluding hydrogens is 284 g/mol. The first-order chi connectivity index (χ1) is 10.2. The predicted octanol–water partition coefficient (Wildman–Crippen LogP) is 3.27. The number of fused-ring (bicyclic) bond motifs is 1. The second-order valence-electron chi connectivity index (χ2n) is 5.13. The van der Waals surface area contributed by atoms with Gasteiger partial charge in [0.1, 0.15) is 5.52 Å². The minimum atomic E-state index is 0.205. The smallest absolute Gasteiger partial charge is 0.226 e. The molecule has 3 aromatic rings. The molecule has 0 radical (unpaired) electrons. The number of aromatic nitrogens is 4. The van der Waals surface area contributed by atoms with Crippen LogP contribution in [0.4, 0.5) is 11.8 Å². The van der Waals surface area contributed by atoms with E-state index in [0.717, 1.165) is 11.3 Å². The Morgan fingerprint density at radius 1 is 1.29 bits per heavy atom. The van der Waals surface area contributed by atoms with Gasteiger partial charge in [0, 0.05) is 11.9 Å². The lowest BCUT2D eigenvalue weighted by Crippen LogP contribution is -2.17. The number of hydrogen-bond donors (Lipinski definition) is 3. The van der Waals surface area contributed by atoms with E-state index in [0.29, 0.717) is 17.5 Å². The maximum Gasteiger partial charge on any atom is 0.226 e. The van der Waals surface area contributed by atoms with E-state index in [1.165, 1.54) is 4.88 Å². The first kappa shape index (κ1) is 13.8. The second kappa shape index (κ2) is 5.69. The van der Waals surface area contributed by atoms with Gasteiger partial charge in [0.15, 0.2) is 11.5 Å². The van der Waals surface area contributed by atoms with E-state index in [-0.39, 0.29) is 6.04 Å². The van der Waals surface area contributed by atoms with Crippen LogP contribution < -0.4 is 10.6 Å². The van der Waals surface area contributed by atoms with Crippen LogP contribution in [0.25, 0.3) is 11.2 Å². The fraction of sp³-hybridized carbons (Fsp3) is 0.357. The molecule has 3 rings (SSSR count). The zero-order valence-electron chi connectivity index (χ0n) is 12.2. The van der Waals surface area contributed by atoms with Crippen molar-refractivity contribution in [1.29, 1.82) is 0 Å². The average molecular weight is 302 g/mol. The van der Waals surface area contributed by atoms with Crippen LogP contribution in [0.5, 0.6) is 0 Å². The van der Waals surface area contributed by atoms with E-state index in [4.69, 9.17) is 0 Å². The van der Waals surface area contributed by atoms with Crippen molar-refractivity contribution in [1.82, 2.24) is 19.9 Å². The van der Waals surface area contributed by atoms with Crippen molar-refractivity contribution in [2.45, 2.75) is 19.9 Å². The van der Waals surface area contributed by atoms with E-state index >= 15 is 0 Å². The Kier molecular flexibility index (Phi) is 3.74. The first-order valence-electron chi connectivity index (χ1n) is 6.88.